The maximum absolute atomic E-state index is 11.9. The third-order valence-electron chi connectivity index (χ3n) is 3.85. The second-order valence-corrected chi connectivity index (χ2v) is 6.67. The molecule has 0 atom stereocenters. The Morgan fingerprint density at radius 1 is 1.00 bits per heavy atom. The van der Waals surface area contributed by atoms with Crippen molar-refractivity contribution in [1.29, 1.82) is 0 Å². The first-order chi connectivity index (χ1) is 12.6. The lowest BCUT2D eigenvalue weighted by Crippen LogP contribution is -2.34. The lowest BCUT2D eigenvalue weighted by Gasteiger charge is -2.10. The number of nitrogens with zero attached hydrogens (tertiary/aromatic N) is 2. The van der Waals surface area contributed by atoms with Gasteiger partial charge in [-0.15, -0.1) is 0 Å². The van der Waals surface area contributed by atoms with E-state index in [-0.39, 0.29) is 6.03 Å². The fourth-order valence-electron chi connectivity index (χ4n) is 2.44. The van der Waals surface area contributed by atoms with Crippen molar-refractivity contribution in [2.24, 2.45) is 0 Å². The van der Waals surface area contributed by atoms with Crippen LogP contribution in [-0.4, -0.2) is 15.6 Å². The van der Waals surface area contributed by atoms with Crippen LogP contribution in [0.2, 0.25) is 10.0 Å². The Kier molecular flexibility index (Phi) is 6.15. The molecule has 0 aliphatic heterocycles. The summed E-state index contributed by atoms with van der Waals surface area (Å²) in [6.45, 7) is 1.56. The quantitative estimate of drug-likeness (QED) is 0.663. The van der Waals surface area contributed by atoms with Crippen molar-refractivity contribution < 1.29 is 4.79 Å². The number of aromatic nitrogens is 2. The second kappa shape index (κ2) is 8.74. The van der Waals surface area contributed by atoms with Gasteiger partial charge in [-0.05, 0) is 28.8 Å². The van der Waals surface area contributed by atoms with Gasteiger partial charge in [-0.2, -0.15) is 0 Å². The zero-order valence-corrected chi connectivity index (χ0v) is 15.5. The van der Waals surface area contributed by atoms with E-state index in [0.29, 0.717) is 23.1 Å². The molecule has 0 saturated carbocycles. The van der Waals surface area contributed by atoms with Gasteiger partial charge in [0.1, 0.15) is 0 Å². The van der Waals surface area contributed by atoms with Crippen molar-refractivity contribution >= 4 is 29.2 Å². The molecule has 5 nitrogen and oxygen atoms in total. The summed E-state index contributed by atoms with van der Waals surface area (Å²) in [7, 11) is 0. The largest absolute Gasteiger partial charge is 0.334 e. The van der Waals surface area contributed by atoms with E-state index in [1.165, 1.54) is 5.56 Å². The minimum Gasteiger partial charge on any atom is -0.334 e. The molecular formula is C19H18Cl2N4O. The topological polar surface area (TPSA) is 59.0 Å². The summed E-state index contributed by atoms with van der Waals surface area (Å²) in [6.07, 6.45) is 5.47. The van der Waals surface area contributed by atoms with Gasteiger partial charge in [0, 0.05) is 42.1 Å². The van der Waals surface area contributed by atoms with E-state index in [9.17, 15) is 4.79 Å². The van der Waals surface area contributed by atoms with Gasteiger partial charge in [-0.1, -0.05) is 53.5 Å². The maximum Gasteiger partial charge on any atom is 0.315 e. The molecule has 7 heteroatoms. The van der Waals surface area contributed by atoms with E-state index in [1.54, 1.807) is 30.7 Å². The second-order valence-electron chi connectivity index (χ2n) is 5.82. The molecule has 3 aromatic rings. The number of nitrogens with one attached hydrogen (secondary N) is 2. The molecule has 0 saturated heterocycles. The zero-order chi connectivity index (χ0) is 18.4. The van der Waals surface area contributed by atoms with Crippen LogP contribution in [0.4, 0.5) is 4.79 Å². The third-order valence-corrected chi connectivity index (χ3v) is 4.44. The Morgan fingerprint density at radius 2 is 1.73 bits per heavy atom. The fraction of sp³-hybridized carbons (Fsp3) is 0.158. The molecule has 1 aromatic heterocycles. The molecule has 3 rings (SSSR count). The Balaban J connectivity index is 1.45. The number of hydrogen-bond acceptors (Lipinski definition) is 2. The molecule has 0 bridgehead atoms. The van der Waals surface area contributed by atoms with Gasteiger partial charge in [0.2, 0.25) is 0 Å². The highest BCUT2D eigenvalue weighted by atomic mass is 35.5. The Labute approximate surface area is 162 Å². The fourth-order valence-corrected chi connectivity index (χ4v) is 2.91. The minimum atomic E-state index is -0.251. The van der Waals surface area contributed by atoms with Crippen LogP contribution in [0.3, 0.4) is 0 Å². The van der Waals surface area contributed by atoms with Crippen LogP contribution >= 0.6 is 23.2 Å². The highest BCUT2D eigenvalue weighted by Gasteiger charge is 2.05. The van der Waals surface area contributed by atoms with Gasteiger partial charge < -0.3 is 15.2 Å². The van der Waals surface area contributed by atoms with Crippen molar-refractivity contribution in [2.45, 2.75) is 19.6 Å². The first kappa shape index (κ1) is 18.3. The van der Waals surface area contributed by atoms with Gasteiger partial charge in [-0.25, -0.2) is 9.78 Å². The Hall–Kier alpha value is -2.50. The number of benzene rings is 2. The van der Waals surface area contributed by atoms with Crippen LogP contribution < -0.4 is 10.6 Å². The molecule has 26 heavy (non-hydrogen) atoms. The zero-order valence-electron chi connectivity index (χ0n) is 14.0. The summed E-state index contributed by atoms with van der Waals surface area (Å²) in [5.41, 5.74) is 3.02. The number of amides is 2. The summed E-state index contributed by atoms with van der Waals surface area (Å²) in [4.78, 5) is 16.0. The molecule has 0 aliphatic carbocycles. The van der Waals surface area contributed by atoms with Crippen molar-refractivity contribution in [3.8, 4) is 0 Å². The van der Waals surface area contributed by atoms with E-state index in [1.807, 2.05) is 35.0 Å². The predicted octanol–water partition coefficient (Wildman–Crippen LogP) is 4.24. The average molecular weight is 389 g/mol. The SMILES string of the molecule is O=C(NCc1ccc(Cn2ccnc2)cc1)NCc1ccc(Cl)cc1Cl. The summed E-state index contributed by atoms with van der Waals surface area (Å²) in [5, 5.41) is 6.72. The lowest BCUT2D eigenvalue weighted by molar-refractivity contribution is 0.240. The number of carbonyl (C=O) groups excluding carboxylic acids is 1. The molecule has 0 spiro atoms. The van der Waals surface area contributed by atoms with E-state index in [0.717, 1.165) is 17.7 Å². The smallest absolute Gasteiger partial charge is 0.315 e. The number of carbonyl (C=O) groups is 1. The van der Waals surface area contributed by atoms with Crippen LogP contribution in [-0.2, 0) is 19.6 Å². The first-order valence-electron chi connectivity index (χ1n) is 8.09. The molecule has 2 N–H and O–H groups in total. The molecule has 134 valence electrons. The standard InChI is InChI=1S/C19H18Cl2N4O/c20-17-6-5-16(18(21)9-17)11-24-19(26)23-10-14-1-3-15(4-2-14)12-25-8-7-22-13-25/h1-9,13H,10-12H2,(H2,23,24,26). The highest BCUT2D eigenvalue weighted by molar-refractivity contribution is 6.35. The normalized spacial score (nSPS) is 10.5. The third kappa shape index (κ3) is 5.25. The van der Waals surface area contributed by atoms with Gasteiger partial charge in [0.05, 0.1) is 6.33 Å². The summed E-state index contributed by atoms with van der Waals surface area (Å²) >= 11 is 11.9. The van der Waals surface area contributed by atoms with Gasteiger partial charge in [0.15, 0.2) is 0 Å². The Morgan fingerprint density at radius 3 is 2.42 bits per heavy atom. The molecule has 2 aromatic carbocycles. The lowest BCUT2D eigenvalue weighted by atomic mass is 10.1. The van der Waals surface area contributed by atoms with E-state index < -0.39 is 0 Å². The molecule has 2 amide bonds. The van der Waals surface area contributed by atoms with Crippen molar-refractivity contribution in [2.75, 3.05) is 0 Å². The number of imidazole rings is 1. The van der Waals surface area contributed by atoms with Crippen molar-refractivity contribution in [3.63, 3.8) is 0 Å². The number of hydrogen-bond donors (Lipinski definition) is 2. The molecule has 0 aliphatic rings. The number of rotatable bonds is 6. The first-order valence-corrected chi connectivity index (χ1v) is 8.85. The highest BCUT2D eigenvalue weighted by Crippen LogP contribution is 2.20. The van der Waals surface area contributed by atoms with Gasteiger partial charge in [0.25, 0.3) is 0 Å². The molecular weight excluding hydrogens is 371 g/mol. The maximum atomic E-state index is 11.9. The van der Waals surface area contributed by atoms with Gasteiger partial charge in [-0.3, -0.25) is 0 Å². The molecule has 0 fully saturated rings. The summed E-state index contributed by atoms with van der Waals surface area (Å²) < 4.78 is 2.00. The number of urea groups is 1. The van der Waals surface area contributed by atoms with Crippen LogP contribution in [0.1, 0.15) is 16.7 Å². The average Bonchev–Trinajstić information content (AvgIpc) is 3.13. The van der Waals surface area contributed by atoms with Crippen LogP contribution in [0.25, 0.3) is 0 Å². The van der Waals surface area contributed by atoms with E-state index in [2.05, 4.69) is 15.6 Å². The van der Waals surface area contributed by atoms with E-state index in [4.69, 9.17) is 23.2 Å². The van der Waals surface area contributed by atoms with Crippen LogP contribution in [0, 0.1) is 0 Å². The summed E-state index contributed by atoms with van der Waals surface area (Å²) in [5.74, 6) is 0. The minimum absolute atomic E-state index is 0.251. The summed E-state index contributed by atoms with van der Waals surface area (Å²) in [6, 6.07) is 13.0. The van der Waals surface area contributed by atoms with Crippen LogP contribution in [0.5, 0.6) is 0 Å². The van der Waals surface area contributed by atoms with Gasteiger partial charge >= 0.3 is 6.03 Å². The monoisotopic (exact) mass is 388 g/mol. The van der Waals surface area contributed by atoms with E-state index >= 15 is 0 Å². The molecule has 0 radical (unpaired) electrons. The molecule has 1 heterocycles. The van der Waals surface area contributed by atoms with Crippen molar-refractivity contribution in [1.82, 2.24) is 20.2 Å². The molecule has 0 unspecified atom stereocenters. The Bertz CT molecular complexity index is 864. The van der Waals surface area contributed by atoms with Crippen molar-refractivity contribution in [3.05, 3.63) is 87.9 Å². The number of halogens is 2. The van der Waals surface area contributed by atoms with Crippen LogP contribution in [0.15, 0.2) is 61.2 Å². The predicted molar refractivity (Wildman–Crippen MR) is 103 cm³/mol.